The molecule has 0 bridgehead atoms. The van der Waals surface area contributed by atoms with Crippen LogP contribution in [-0.2, 0) is 0 Å². The Balaban J connectivity index is 1.32. The van der Waals surface area contributed by atoms with E-state index in [1.807, 2.05) is 23.7 Å². The van der Waals surface area contributed by atoms with Crippen molar-refractivity contribution in [2.24, 2.45) is 0 Å². The Hall–Kier alpha value is -5.25. The van der Waals surface area contributed by atoms with Gasteiger partial charge in [0, 0.05) is 39.2 Å². The van der Waals surface area contributed by atoms with Crippen LogP contribution in [0.1, 0.15) is 0 Å². The van der Waals surface area contributed by atoms with Crippen LogP contribution in [-0.4, -0.2) is 4.98 Å². The predicted octanol–water partition coefficient (Wildman–Crippen LogP) is 11.4. The van der Waals surface area contributed by atoms with Gasteiger partial charge in [0.25, 0.3) is 0 Å². The molecule has 0 unspecified atom stereocenters. The van der Waals surface area contributed by atoms with Gasteiger partial charge in [-0.3, -0.25) is 4.98 Å². The summed E-state index contributed by atoms with van der Waals surface area (Å²) in [4.78, 5) is 6.82. The van der Waals surface area contributed by atoms with E-state index in [4.69, 9.17) is 0 Å². The molecule has 0 N–H and O–H groups in total. The topological polar surface area (TPSA) is 16.1 Å². The van der Waals surface area contributed by atoms with Gasteiger partial charge in [-0.25, -0.2) is 0 Å². The van der Waals surface area contributed by atoms with Crippen LogP contribution in [0, 0.1) is 0 Å². The fraction of sp³-hybridized carbons (Fsp3) is 0. The minimum Gasteiger partial charge on any atom is -0.309 e. The van der Waals surface area contributed by atoms with Gasteiger partial charge >= 0.3 is 0 Å². The largest absolute Gasteiger partial charge is 0.309 e. The first-order valence-corrected chi connectivity index (χ1v) is 14.9. The summed E-state index contributed by atoms with van der Waals surface area (Å²) >= 11 is 1.83. The first kappa shape index (κ1) is 24.5. The Kier molecular flexibility index (Phi) is 6.02. The van der Waals surface area contributed by atoms with E-state index < -0.39 is 0 Å². The molecule has 0 aliphatic rings. The lowest BCUT2D eigenvalue weighted by Gasteiger charge is -2.26. The van der Waals surface area contributed by atoms with E-state index in [2.05, 4.69) is 155 Å². The van der Waals surface area contributed by atoms with Crippen LogP contribution in [0.25, 0.3) is 53.2 Å². The Morgan fingerprint density at radius 3 is 1.93 bits per heavy atom. The predicted molar refractivity (Wildman–Crippen MR) is 180 cm³/mol. The maximum atomic E-state index is 4.42. The second-order valence-corrected chi connectivity index (χ2v) is 11.5. The molecule has 2 nitrogen and oxygen atoms in total. The van der Waals surface area contributed by atoms with Crippen LogP contribution in [0.2, 0.25) is 0 Å². The van der Waals surface area contributed by atoms with Gasteiger partial charge in [0.2, 0.25) is 0 Å². The van der Waals surface area contributed by atoms with Crippen molar-refractivity contribution < 1.29 is 0 Å². The molecule has 2 aromatic heterocycles. The highest BCUT2D eigenvalue weighted by Gasteiger charge is 2.18. The molecular weight excluding hydrogens is 529 g/mol. The Labute approximate surface area is 248 Å². The van der Waals surface area contributed by atoms with Crippen LogP contribution < -0.4 is 4.90 Å². The third-order valence-corrected chi connectivity index (χ3v) is 9.15. The summed E-state index contributed by atoms with van der Waals surface area (Å²) in [5, 5.41) is 4.87. The van der Waals surface area contributed by atoms with Gasteiger partial charge in [-0.2, -0.15) is 0 Å². The quantitative estimate of drug-likeness (QED) is 0.210. The van der Waals surface area contributed by atoms with Crippen LogP contribution in [0.5, 0.6) is 0 Å². The minimum absolute atomic E-state index is 1.12. The lowest BCUT2D eigenvalue weighted by atomic mass is 10.0. The molecule has 8 rings (SSSR count). The molecule has 0 atom stereocenters. The van der Waals surface area contributed by atoms with Crippen LogP contribution >= 0.6 is 11.3 Å². The Morgan fingerprint density at radius 1 is 0.476 bits per heavy atom. The van der Waals surface area contributed by atoms with E-state index >= 15 is 0 Å². The number of rotatable bonds is 5. The highest BCUT2D eigenvalue weighted by molar-refractivity contribution is 7.26. The van der Waals surface area contributed by atoms with Crippen molar-refractivity contribution in [3.05, 3.63) is 158 Å². The number of aromatic nitrogens is 1. The molecular formula is C39H26N2S. The average molecular weight is 555 g/mol. The number of benzene rings is 6. The molecule has 3 heteroatoms. The molecule has 8 aromatic rings. The first-order valence-electron chi connectivity index (χ1n) is 14.1. The zero-order valence-corrected chi connectivity index (χ0v) is 23.6. The molecule has 0 aliphatic carbocycles. The van der Waals surface area contributed by atoms with Crippen molar-refractivity contribution in [1.82, 2.24) is 4.98 Å². The molecule has 198 valence electrons. The summed E-state index contributed by atoms with van der Waals surface area (Å²) in [5.74, 6) is 0. The van der Waals surface area contributed by atoms with E-state index in [0.29, 0.717) is 0 Å². The minimum atomic E-state index is 1.12. The molecule has 0 saturated heterocycles. The van der Waals surface area contributed by atoms with Crippen molar-refractivity contribution >= 4 is 59.3 Å². The smallest absolute Gasteiger partial charge is 0.0640 e. The van der Waals surface area contributed by atoms with Gasteiger partial charge in [0.15, 0.2) is 0 Å². The average Bonchev–Trinajstić information content (AvgIpc) is 3.45. The zero-order valence-electron chi connectivity index (χ0n) is 22.8. The molecule has 0 radical (unpaired) electrons. The summed E-state index contributed by atoms with van der Waals surface area (Å²) in [6.07, 6.45) is 3.86. The maximum Gasteiger partial charge on any atom is 0.0640 e. The van der Waals surface area contributed by atoms with Crippen molar-refractivity contribution in [3.8, 4) is 22.3 Å². The van der Waals surface area contributed by atoms with E-state index in [9.17, 15) is 0 Å². The van der Waals surface area contributed by atoms with Gasteiger partial charge in [-0.1, -0.05) is 103 Å². The van der Waals surface area contributed by atoms with Gasteiger partial charge in [-0.15, -0.1) is 11.3 Å². The summed E-state index contributed by atoms with van der Waals surface area (Å²) in [5.41, 5.74) is 8.28. The summed E-state index contributed by atoms with van der Waals surface area (Å²) in [6.45, 7) is 0. The second kappa shape index (κ2) is 10.3. The van der Waals surface area contributed by atoms with Gasteiger partial charge in [0.1, 0.15) is 0 Å². The zero-order chi connectivity index (χ0) is 27.9. The third-order valence-electron chi connectivity index (χ3n) is 7.94. The standard InChI is InChI=1S/C39H26N2S/c1-3-8-27(9-4-1)29-16-19-33(20-17-29)41(37-13-7-12-35-36-26-40-23-22-38(36)42-39(35)37)34-21-18-30-14-15-31(24-32(30)25-34)28-10-5-2-6-11-28/h1-26H. The molecule has 2 heterocycles. The number of nitrogens with zero attached hydrogens (tertiary/aromatic N) is 2. The van der Waals surface area contributed by atoms with E-state index in [1.165, 1.54) is 58.9 Å². The number of pyridine rings is 1. The van der Waals surface area contributed by atoms with E-state index in [0.717, 1.165) is 11.4 Å². The SMILES string of the molecule is c1ccc(-c2ccc(N(c3ccc4ccc(-c5ccccc5)cc4c3)c3cccc4c3sc3ccncc34)cc2)cc1. The van der Waals surface area contributed by atoms with Gasteiger partial charge in [0.05, 0.1) is 10.4 Å². The fourth-order valence-corrected chi connectivity index (χ4v) is 7.02. The third kappa shape index (κ3) is 4.32. The van der Waals surface area contributed by atoms with Crippen molar-refractivity contribution in [3.63, 3.8) is 0 Å². The van der Waals surface area contributed by atoms with Gasteiger partial charge in [-0.05, 0) is 75.5 Å². The van der Waals surface area contributed by atoms with Gasteiger partial charge < -0.3 is 4.90 Å². The summed E-state index contributed by atoms with van der Waals surface area (Å²) in [7, 11) is 0. The number of anilines is 3. The number of hydrogen-bond acceptors (Lipinski definition) is 3. The molecule has 6 aromatic carbocycles. The van der Waals surface area contributed by atoms with Crippen LogP contribution in [0.4, 0.5) is 17.1 Å². The molecule has 0 amide bonds. The van der Waals surface area contributed by atoms with Crippen LogP contribution in [0.3, 0.4) is 0 Å². The lowest BCUT2D eigenvalue weighted by Crippen LogP contribution is -2.10. The fourth-order valence-electron chi connectivity index (χ4n) is 5.85. The highest BCUT2D eigenvalue weighted by Crippen LogP contribution is 2.45. The van der Waals surface area contributed by atoms with Crippen molar-refractivity contribution in [2.45, 2.75) is 0 Å². The first-order chi connectivity index (χ1) is 20.8. The number of hydrogen-bond donors (Lipinski definition) is 0. The van der Waals surface area contributed by atoms with Crippen molar-refractivity contribution in [1.29, 1.82) is 0 Å². The molecule has 0 fully saturated rings. The van der Waals surface area contributed by atoms with Crippen molar-refractivity contribution in [2.75, 3.05) is 4.90 Å². The Morgan fingerprint density at radius 2 is 1.14 bits per heavy atom. The monoisotopic (exact) mass is 554 g/mol. The second-order valence-electron chi connectivity index (χ2n) is 10.5. The Bertz CT molecular complexity index is 2180. The van der Waals surface area contributed by atoms with E-state index in [1.54, 1.807) is 0 Å². The summed E-state index contributed by atoms with van der Waals surface area (Å²) in [6, 6.07) is 52.3. The van der Waals surface area contributed by atoms with Crippen LogP contribution in [0.15, 0.2) is 158 Å². The molecule has 0 aliphatic heterocycles. The number of thiophene rings is 1. The highest BCUT2D eigenvalue weighted by atomic mass is 32.1. The maximum absolute atomic E-state index is 4.42. The number of fused-ring (bicyclic) bond motifs is 4. The van der Waals surface area contributed by atoms with E-state index in [-0.39, 0.29) is 0 Å². The molecule has 0 saturated carbocycles. The lowest BCUT2D eigenvalue weighted by molar-refractivity contribution is 1.31. The molecule has 0 spiro atoms. The molecule has 42 heavy (non-hydrogen) atoms. The normalized spacial score (nSPS) is 11.3. The summed E-state index contributed by atoms with van der Waals surface area (Å²) < 4.78 is 2.50.